The molecule has 1 amide bonds. The van der Waals surface area contributed by atoms with Crippen LogP contribution in [0.3, 0.4) is 0 Å². The van der Waals surface area contributed by atoms with Crippen molar-refractivity contribution in [2.24, 2.45) is 0 Å². The van der Waals surface area contributed by atoms with Crippen molar-refractivity contribution >= 4 is 22.9 Å². The molecule has 1 aliphatic rings. The first-order chi connectivity index (χ1) is 12.2. The zero-order valence-corrected chi connectivity index (χ0v) is 14.1. The Balaban J connectivity index is 1.40. The Morgan fingerprint density at radius 3 is 2.56 bits per heavy atom. The third-order valence-corrected chi connectivity index (χ3v) is 4.98. The lowest BCUT2D eigenvalue weighted by molar-refractivity contribution is 0.0696. The van der Waals surface area contributed by atoms with Crippen LogP contribution in [0.25, 0.3) is 10.7 Å². The van der Waals surface area contributed by atoms with Crippen LogP contribution in [-0.2, 0) is 0 Å². The van der Waals surface area contributed by atoms with Gasteiger partial charge in [0.1, 0.15) is 5.82 Å². The number of benzene rings is 1. The van der Waals surface area contributed by atoms with Gasteiger partial charge >= 0.3 is 11.8 Å². The van der Waals surface area contributed by atoms with Gasteiger partial charge in [0.15, 0.2) is 0 Å². The molecule has 4 rings (SSSR count). The Kier molecular flexibility index (Phi) is 4.19. The number of carbonyl (C=O) groups excluding carboxylic acids is 1. The molecule has 6 nitrogen and oxygen atoms in total. The molecule has 0 saturated carbocycles. The Morgan fingerprint density at radius 2 is 1.88 bits per heavy atom. The number of rotatable bonds is 3. The number of aromatic nitrogens is 2. The van der Waals surface area contributed by atoms with Crippen molar-refractivity contribution in [1.29, 1.82) is 0 Å². The van der Waals surface area contributed by atoms with Gasteiger partial charge in [0.25, 0.3) is 0 Å². The molecule has 1 aromatic carbocycles. The molecule has 1 aliphatic heterocycles. The number of anilines is 1. The minimum absolute atomic E-state index is 0.0126. The second-order valence-electron chi connectivity index (χ2n) is 5.66. The van der Waals surface area contributed by atoms with Crippen LogP contribution in [0.1, 0.15) is 10.7 Å². The number of carbonyl (C=O) groups is 1. The number of thiophene rings is 1. The summed E-state index contributed by atoms with van der Waals surface area (Å²) < 4.78 is 18.1. The van der Waals surface area contributed by atoms with Crippen molar-refractivity contribution in [3.8, 4) is 10.7 Å². The summed E-state index contributed by atoms with van der Waals surface area (Å²) in [5.74, 6) is -0.0634. The van der Waals surface area contributed by atoms with E-state index in [0.29, 0.717) is 32.0 Å². The summed E-state index contributed by atoms with van der Waals surface area (Å²) >= 11 is 1.49. The molecule has 3 heterocycles. The van der Waals surface area contributed by atoms with Gasteiger partial charge in [0.05, 0.1) is 4.88 Å². The van der Waals surface area contributed by atoms with E-state index in [1.54, 1.807) is 17.0 Å². The molecular weight excluding hydrogens is 343 g/mol. The summed E-state index contributed by atoms with van der Waals surface area (Å²) in [5.41, 5.74) is 0.950. The normalized spacial score (nSPS) is 14.8. The minimum atomic E-state index is -0.255. The summed E-state index contributed by atoms with van der Waals surface area (Å²) in [4.78, 5) is 21.4. The van der Waals surface area contributed by atoms with Gasteiger partial charge in [-0.05, 0) is 35.7 Å². The fourth-order valence-electron chi connectivity index (χ4n) is 2.77. The number of piperazine rings is 1. The largest absolute Gasteiger partial charge is 0.368 e. The Morgan fingerprint density at radius 1 is 1.12 bits per heavy atom. The topological polar surface area (TPSA) is 62.5 Å². The van der Waals surface area contributed by atoms with Crippen LogP contribution in [0.4, 0.5) is 10.1 Å². The molecule has 1 fully saturated rings. The lowest BCUT2D eigenvalue weighted by Crippen LogP contribution is -2.48. The molecule has 3 aromatic rings. The molecule has 8 heteroatoms. The quantitative estimate of drug-likeness (QED) is 0.720. The number of halogens is 1. The zero-order chi connectivity index (χ0) is 17.2. The second-order valence-corrected chi connectivity index (χ2v) is 6.60. The van der Waals surface area contributed by atoms with Crippen molar-refractivity contribution in [1.82, 2.24) is 15.0 Å². The summed E-state index contributed by atoms with van der Waals surface area (Å²) in [6.45, 7) is 2.44. The molecule has 128 valence electrons. The van der Waals surface area contributed by atoms with Crippen LogP contribution in [0.2, 0.25) is 0 Å². The van der Waals surface area contributed by atoms with E-state index >= 15 is 0 Å². The molecular formula is C17H15FN4O2S. The number of hydrogen-bond acceptors (Lipinski definition) is 6. The summed E-state index contributed by atoms with van der Waals surface area (Å²) in [6, 6.07) is 10.2. The summed E-state index contributed by atoms with van der Waals surface area (Å²) in [5, 5.41) is 5.79. The van der Waals surface area contributed by atoms with E-state index in [1.807, 2.05) is 17.5 Å². The van der Waals surface area contributed by atoms with E-state index < -0.39 is 0 Å². The Hall–Kier alpha value is -2.74. The number of hydrogen-bond donors (Lipinski definition) is 0. The van der Waals surface area contributed by atoms with Crippen molar-refractivity contribution in [2.75, 3.05) is 31.1 Å². The Labute approximate surface area is 147 Å². The van der Waals surface area contributed by atoms with Gasteiger partial charge in [-0.25, -0.2) is 4.39 Å². The van der Waals surface area contributed by atoms with Gasteiger partial charge in [0.2, 0.25) is 5.82 Å². The molecule has 0 radical (unpaired) electrons. The highest BCUT2D eigenvalue weighted by atomic mass is 32.1. The maximum atomic E-state index is 13.0. The lowest BCUT2D eigenvalue weighted by Gasteiger charge is -2.35. The van der Waals surface area contributed by atoms with Gasteiger partial charge in [-0.3, -0.25) is 4.79 Å². The van der Waals surface area contributed by atoms with E-state index in [2.05, 4.69) is 15.0 Å². The molecule has 25 heavy (non-hydrogen) atoms. The zero-order valence-electron chi connectivity index (χ0n) is 13.3. The fraction of sp³-hybridized carbons (Fsp3) is 0.235. The number of amides is 1. The first-order valence-corrected chi connectivity index (χ1v) is 8.76. The average Bonchev–Trinajstić information content (AvgIpc) is 3.33. The first-order valence-electron chi connectivity index (χ1n) is 7.88. The molecule has 2 aromatic heterocycles. The van der Waals surface area contributed by atoms with E-state index in [0.717, 1.165) is 10.6 Å². The molecule has 0 spiro atoms. The maximum Gasteiger partial charge on any atom is 0.316 e. The summed E-state index contributed by atoms with van der Waals surface area (Å²) in [7, 11) is 0. The highest BCUT2D eigenvalue weighted by Gasteiger charge is 2.26. The van der Waals surface area contributed by atoms with Crippen molar-refractivity contribution in [3.05, 3.63) is 53.5 Å². The van der Waals surface area contributed by atoms with E-state index in [1.165, 1.54) is 23.5 Å². The lowest BCUT2D eigenvalue weighted by atomic mass is 10.2. The monoisotopic (exact) mass is 358 g/mol. The smallest absolute Gasteiger partial charge is 0.316 e. The van der Waals surface area contributed by atoms with Crippen LogP contribution in [0.5, 0.6) is 0 Å². The first kappa shape index (κ1) is 15.8. The highest BCUT2D eigenvalue weighted by molar-refractivity contribution is 7.13. The fourth-order valence-corrected chi connectivity index (χ4v) is 3.42. The summed E-state index contributed by atoms with van der Waals surface area (Å²) in [6.07, 6.45) is 0. The third-order valence-electron chi connectivity index (χ3n) is 4.11. The van der Waals surface area contributed by atoms with E-state index in [-0.39, 0.29) is 17.6 Å². The van der Waals surface area contributed by atoms with Crippen molar-refractivity contribution < 1.29 is 13.7 Å². The van der Waals surface area contributed by atoms with Gasteiger partial charge < -0.3 is 14.3 Å². The molecule has 0 N–H and O–H groups in total. The predicted molar refractivity (Wildman–Crippen MR) is 92.1 cm³/mol. The molecule has 0 unspecified atom stereocenters. The second kappa shape index (κ2) is 6.64. The van der Waals surface area contributed by atoms with Gasteiger partial charge in [0, 0.05) is 31.9 Å². The van der Waals surface area contributed by atoms with E-state index in [4.69, 9.17) is 4.52 Å². The predicted octanol–water partition coefficient (Wildman–Crippen LogP) is 2.90. The van der Waals surface area contributed by atoms with Crippen LogP contribution in [0.15, 0.2) is 46.3 Å². The van der Waals surface area contributed by atoms with Gasteiger partial charge in [-0.2, -0.15) is 4.98 Å². The van der Waals surface area contributed by atoms with Crippen LogP contribution >= 0.6 is 11.3 Å². The molecule has 0 bridgehead atoms. The van der Waals surface area contributed by atoms with Gasteiger partial charge in [-0.15, -0.1) is 11.3 Å². The minimum Gasteiger partial charge on any atom is -0.368 e. The molecule has 0 atom stereocenters. The molecule has 0 aliphatic carbocycles. The number of nitrogens with zero attached hydrogens (tertiary/aromatic N) is 4. The average molecular weight is 358 g/mol. The van der Waals surface area contributed by atoms with Crippen LogP contribution in [-0.4, -0.2) is 47.1 Å². The van der Waals surface area contributed by atoms with Gasteiger partial charge in [-0.1, -0.05) is 11.2 Å². The van der Waals surface area contributed by atoms with Crippen LogP contribution < -0.4 is 4.90 Å². The SMILES string of the molecule is O=C(c1nc(-c2cccs2)no1)N1CCN(c2ccc(F)cc2)CC1. The maximum absolute atomic E-state index is 13.0. The van der Waals surface area contributed by atoms with Crippen molar-refractivity contribution in [2.45, 2.75) is 0 Å². The standard InChI is InChI=1S/C17H15FN4O2S/c18-12-3-5-13(6-4-12)21-7-9-22(10-8-21)17(23)16-19-15(20-24-16)14-2-1-11-25-14/h1-6,11H,7-10H2. The molecule has 1 saturated heterocycles. The highest BCUT2D eigenvalue weighted by Crippen LogP contribution is 2.22. The van der Waals surface area contributed by atoms with Crippen molar-refractivity contribution in [3.63, 3.8) is 0 Å². The van der Waals surface area contributed by atoms with Crippen LogP contribution in [0, 0.1) is 5.82 Å². The Bertz CT molecular complexity index is 855. The van der Waals surface area contributed by atoms with E-state index in [9.17, 15) is 9.18 Å². The third kappa shape index (κ3) is 3.25.